The zero-order valence-electron chi connectivity index (χ0n) is 10.5. The van der Waals surface area contributed by atoms with Crippen molar-refractivity contribution in [1.82, 2.24) is 0 Å². The Morgan fingerprint density at radius 1 is 1.19 bits per heavy atom. The molecule has 16 heavy (non-hydrogen) atoms. The van der Waals surface area contributed by atoms with Gasteiger partial charge in [-0.15, -0.1) is 0 Å². The molecular formula is C13H24O3. The first-order valence-corrected chi connectivity index (χ1v) is 6.49. The highest BCUT2D eigenvalue weighted by Crippen LogP contribution is 2.51. The first kappa shape index (κ1) is 12.3. The van der Waals surface area contributed by atoms with Crippen LogP contribution in [0.5, 0.6) is 0 Å². The molecule has 1 N–H and O–H groups in total. The molecule has 1 aliphatic heterocycles. The van der Waals surface area contributed by atoms with Gasteiger partial charge in [-0.2, -0.15) is 0 Å². The topological polar surface area (TPSA) is 38.7 Å². The van der Waals surface area contributed by atoms with Crippen molar-refractivity contribution >= 4 is 0 Å². The third-order valence-electron chi connectivity index (χ3n) is 4.25. The molecule has 1 atom stereocenters. The maximum Gasteiger partial charge on any atom is 0.171 e. The average molecular weight is 228 g/mol. The van der Waals surface area contributed by atoms with E-state index in [1.54, 1.807) is 0 Å². The van der Waals surface area contributed by atoms with Crippen molar-refractivity contribution in [2.45, 2.75) is 51.7 Å². The van der Waals surface area contributed by atoms with Crippen LogP contribution in [-0.2, 0) is 9.47 Å². The molecule has 1 heterocycles. The zero-order valence-corrected chi connectivity index (χ0v) is 10.5. The molecule has 0 amide bonds. The molecule has 1 aliphatic carbocycles. The van der Waals surface area contributed by atoms with Crippen LogP contribution in [0.2, 0.25) is 0 Å². The third-order valence-corrected chi connectivity index (χ3v) is 4.25. The molecule has 1 spiro atoms. The lowest BCUT2D eigenvalue weighted by molar-refractivity contribution is -0.242. The van der Waals surface area contributed by atoms with Crippen LogP contribution in [0, 0.1) is 11.3 Å². The van der Waals surface area contributed by atoms with Crippen LogP contribution in [0.3, 0.4) is 0 Å². The van der Waals surface area contributed by atoms with E-state index in [0.29, 0.717) is 5.92 Å². The maximum atomic E-state index is 9.02. The van der Waals surface area contributed by atoms with Gasteiger partial charge in [0.25, 0.3) is 0 Å². The normalized spacial score (nSPS) is 32.1. The first-order valence-electron chi connectivity index (χ1n) is 6.49. The summed E-state index contributed by atoms with van der Waals surface area (Å²) in [6.45, 7) is 6.34. The Kier molecular flexibility index (Phi) is 3.57. The van der Waals surface area contributed by atoms with Gasteiger partial charge < -0.3 is 14.6 Å². The van der Waals surface area contributed by atoms with Crippen LogP contribution in [-0.4, -0.2) is 30.7 Å². The van der Waals surface area contributed by atoms with Gasteiger partial charge in [0.2, 0.25) is 0 Å². The van der Waals surface area contributed by atoms with E-state index in [1.807, 2.05) is 0 Å². The summed E-state index contributed by atoms with van der Waals surface area (Å²) in [5, 5.41) is 9.02. The minimum absolute atomic E-state index is 0.262. The van der Waals surface area contributed by atoms with Crippen molar-refractivity contribution in [1.29, 1.82) is 0 Å². The summed E-state index contributed by atoms with van der Waals surface area (Å²) >= 11 is 0. The van der Waals surface area contributed by atoms with Crippen molar-refractivity contribution in [3.05, 3.63) is 0 Å². The summed E-state index contributed by atoms with van der Waals surface area (Å²) in [5.41, 5.74) is 0.262. The monoisotopic (exact) mass is 228 g/mol. The van der Waals surface area contributed by atoms with E-state index in [4.69, 9.17) is 14.6 Å². The Morgan fingerprint density at radius 2 is 1.88 bits per heavy atom. The predicted octanol–water partition coefficient (Wildman–Crippen LogP) is 2.33. The van der Waals surface area contributed by atoms with Gasteiger partial charge in [-0.25, -0.2) is 0 Å². The minimum atomic E-state index is -0.336. The Bertz CT molecular complexity index is 231. The average Bonchev–Trinajstić information content (AvgIpc) is 2.66. The molecule has 94 valence electrons. The molecule has 1 unspecified atom stereocenters. The van der Waals surface area contributed by atoms with E-state index < -0.39 is 0 Å². The van der Waals surface area contributed by atoms with Crippen LogP contribution in [0.15, 0.2) is 0 Å². The van der Waals surface area contributed by atoms with Gasteiger partial charge in [0.1, 0.15) is 0 Å². The second-order valence-corrected chi connectivity index (χ2v) is 5.77. The quantitative estimate of drug-likeness (QED) is 0.805. The zero-order chi connectivity index (χ0) is 11.6. The van der Waals surface area contributed by atoms with Gasteiger partial charge in [-0.1, -0.05) is 13.8 Å². The number of hydrogen-bond donors (Lipinski definition) is 1. The standard InChI is InChI=1S/C13H24O3/c1-12(2)6-4-7-13(15-9-10-16-13)11(12)5-3-8-14/h11,14H,3-10H2,1-2H3. The fourth-order valence-corrected chi connectivity index (χ4v) is 3.46. The fraction of sp³-hybridized carbons (Fsp3) is 1.00. The summed E-state index contributed by atoms with van der Waals surface area (Å²) in [7, 11) is 0. The lowest BCUT2D eigenvalue weighted by Crippen LogP contribution is -2.50. The summed E-state index contributed by atoms with van der Waals surface area (Å²) in [6.07, 6.45) is 5.29. The molecule has 3 nitrogen and oxygen atoms in total. The number of rotatable bonds is 3. The Balaban J connectivity index is 2.14. The van der Waals surface area contributed by atoms with Gasteiger partial charge in [0, 0.05) is 18.9 Å². The lowest BCUT2D eigenvalue weighted by Gasteiger charge is -2.49. The van der Waals surface area contributed by atoms with Gasteiger partial charge in [-0.05, 0) is 31.1 Å². The van der Waals surface area contributed by atoms with Gasteiger partial charge in [0.05, 0.1) is 13.2 Å². The molecule has 3 heteroatoms. The van der Waals surface area contributed by atoms with Crippen molar-refractivity contribution in [2.75, 3.05) is 19.8 Å². The number of aliphatic hydroxyl groups is 1. The van der Waals surface area contributed by atoms with Gasteiger partial charge >= 0.3 is 0 Å². The molecule has 0 aromatic carbocycles. The molecule has 1 saturated carbocycles. The molecule has 0 aromatic rings. The smallest absolute Gasteiger partial charge is 0.171 e. The van der Waals surface area contributed by atoms with E-state index in [0.717, 1.165) is 32.5 Å². The Hall–Kier alpha value is -0.120. The predicted molar refractivity (Wildman–Crippen MR) is 62.1 cm³/mol. The molecule has 2 aliphatic rings. The largest absolute Gasteiger partial charge is 0.396 e. The molecule has 1 saturated heterocycles. The van der Waals surface area contributed by atoms with Crippen molar-refractivity contribution < 1.29 is 14.6 Å². The van der Waals surface area contributed by atoms with Crippen LogP contribution < -0.4 is 0 Å². The SMILES string of the molecule is CC1(C)CCCC2(OCCO2)C1CCCO. The van der Waals surface area contributed by atoms with Crippen molar-refractivity contribution in [3.63, 3.8) is 0 Å². The number of ether oxygens (including phenoxy) is 2. The second-order valence-electron chi connectivity index (χ2n) is 5.77. The van der Waals surface area contributed by atoms with E-state index >= 15 is 0 Å². The highest BCUT2D eigenvalue weighted by atomic mass is 16.7. The molecular weight excluding hydrogens is 204 g/mol. The Morgan fingerprint density at radius 3 is 2.50 bits per heavy atom. The van der Waals surface area contributed by atoms with E-state index in [-0.39, 0.29) is 17.8 Å². The van der Waals surface area contributed by atoms with Crippen LogP contribution in [0.25, 0.3) is 0 Å². The minimum Gasteiger partial charge on any atom is -0.396 e. The third kappa shape index (κ3) is 2.13. The lowest BCUT2D eigenvalue weighted by atomic mass is 9.64. The summed E-state index contributed by atoms with van der Waals surface area (Å²) in [5.74, 6) is 0.0834. The highest BCUT2D eigenvalue weighted by Gasteiger charge is 2.52. The van der Waals surface area contributed by atoms with E-state index in [1.165, 1.54) is 12.8 Å². The Labute approximate surface area is 98.1 Å². The van der Waals surface area contributed by atoms with E-state index in [9.17, 15) is 0 Å². The van der Waals surface area contributed by atoms with E-state index in [2.05, 4.69) is 13.8 Å². The fourth-order valence-electron chi connectivity index (χ4n) is 3.46. The summed E-state index contributed by atoms with van der Waals surface area (Å²) in [6, 6.07) is 0. The maximum absolute atomic E-state index is 9.02. The second kappa shape index (κ2) is 4.63. The van der Waals surface area contributed by atoms with Crippen LogP contribution in [0.1, 0.15) is 46.0 Å². The van der Waals surface area contributed by atoms with Crippen molar-refractivity contribution in [2.24, 2.45) is 11.3 Å². The van der Waals surface area contributed by atoms with Crippen molar-refractivity contribution in [3.8, 4) is 0 Å². The van der Waals surface area contributed by atoms with Gasteiger partial charge in [-0.3, -0.25) is 0 Å². The number of aliphatic hydroxyl groups excluding tert-OH is 1. The summed E-state index contributed by atoms with van der Waals surface area (Å²) < 4.78 is 11.8. The van der Waals surface area contributed by atoms with Crippen LogP contribution >= 0.6 is 0 Å². The molecule has 2 fully saturated rings. The van der Waals surface area contributed by atoms with Crippen LogP contribution in [0.4, 0.5) is 0 Å². The molecule has 0 aromatic heterocycles. The summed E-state index contributed by atoms with van der Waals surface area (Å²) in [4.78, 5) is 0. The molecule has 0 radical (unpaired) electrons. The van der Waals surface area contributed by atoms with Gasteiger partial charge in [0.15, 0.2) is 5.79 Å². The number of hydrogen-bond acceptors (Lipinski definition) is 3. The first-order chi connectivity index (χ1) is 7.61. The highest BCUT2D eigenvalue weighted by molar-refractivity contribution is 4.95. The molecule has 2 rings (SSSR count). The molecule has 0 bridgehead atoms.